The van der Waals surface area contributed by atoms with Gasteiger partial charge >= 0.3 is 0 Å². The molecule has 1 N–H and O–H groups in total. The van der Waals surface area contributed by atoms with Crippen LogP contribution >= 0.6 is 0 Å². The van der Waals surface area contributed by atoms with Crippen molar-refractivity contribution in [2.45, 2.75) is 6.92 Å². The Balaban J connectivity index is 1.69. The van der Waals surface area contributed by atoms with E-state index in [0.29, 0.717) is 24.4 Å². The third kappa shape index (κ3) is 5.43. The summed E-state index contributed by atoms with van der Waals surface area (Å²) in [5.74, 6) is 0.394. The van der Waals surface area contributed by atoms with E-state index in [2.05, 4.69) is 10.2 Å². The van der Waals surface area contributed by atoms with Gasteiger partial charge in [0.15, 0.2) is 12.4 Å². The van der Waals surface area contributed by atoms with E-state index < -0.39 is 0 Å². The quantitative estimate of drug-likeness (QED) is 0.757. The molecule has 0 saturated heterocycles. The lowest BCUT2D eigenvalue weighted by Gasteiger charge is -2.19. The molecule has 0 aliphatic rings. The Kier molecular flexibility index (Phi) is 6.37. The van der Waals surface area contributed by atoms with Crippen LogP contribution in [0.3, 0.4) is 0 Å². The van der Waals surface area contributed by atoms with Gasteiger partial charge in [0.25, 0.3) is 5.91 Å². The number of carbonyl (C=O) groups excluding carboxylic acids is 2. The minimum Gasteiger partial charge on any atom is -0.484 e. The van der Waals surface area contributed by atoms with E-state index in [1.807, 2.05) is 37.4 Å². The first-order valence-corrected chi connectivity index (χ1v) is 7.83. The smallest absolute Gasteiger partial charge is 0.258 e. The zero-order valence-electron chi connectivity index (χ0n) is 14.0. The third-order valence-corrected chi connectivity index (χ3v) is 3.60. The van der Waals surface area contributed by atoms with E-state index in [9.17, 15) is 9.59 Å². The maximum Gasteiger partial charge on any atom is 0.258 e. The molecule has 126 valence electrons. The first-order valence-electron chi connectivity index (χ1n) is 7.83. The lowest BCUT2D eigenvalue weighted by molar-refractivity contribution is -0.123. The first kappa shape index (κ1) is 17.5. The molecular formula is C19H22N2O3. The highest BCUT2D eigenvalue weighted by Crippen LogP contribution is 2.12. The van der Waals surface area contributed by atoms with Crippen molar-refractivity contribution in [3.05, 3.63) is 60.2 Å². The van der Waals surface area contributed by atoms with Gasteiger partial charge in [-0.05, 0) is 43.3 Å². The molecule has 0 aliphatic heterocycles. The molecular weight excluding hydrogens is 304 g/mol. The lowest BCUT2D eigenvalue weighted by atomic mass is 10.1. The van der Waals surface area contributed by atoms with Crippen LogP contribution in [0.25, 0.3) is 0 Å². The van der Waals surface area contributed by atoms with Gasteiger partial charge in [0, 0.05) is 31.4 Å². The summed E-state index contributed by atoms with van der Waals surface area (Å²) in [4.78, 5) is 25.1. The molecule has 0 heterocycles. The Morgan fingerprint density at radius 1 is 1.04 bits per heavy atom. The van der Waals surface area contributed by atoms with Crippen LogP contribution in [0, 0.1) is 0 Å². The van der Waals surface area contributed by atoms with Gasteiger partial charge in [-0.1, -0.05) is 18.2 Å². The number of rotatable bonds is 8. The first-order chi connectivity index (χ1) is 11.6. The van der Waals surface area contributed by atoms with Gasteiger partial charge in [-0.2, -0.15) is 0 Å². The summed E-state index contributed by atoms with van der Waals surface area (Å²) in [6, 6.07) is 16.7. The second-order valence-electron chi connectivity index (χ2n) is 5.48. The van der Waals surface area contributed by atoms with Gasteiger partial charge in [0.1, 0.15) is 5.75 Å². The number of anilines is 1. The van der Waals surface area contributed by atoms with E-state index in [0.717, 1.165) is 5.69 Å². The molecule has 2 rings (SSSR count). The van der Waals surface area contributed by atoms with Crippen LogP contribution in [0.5, 0.6) is 5.75 Å². The van der Waals surface area contributed by atoms with Crippen molar-refractivity contribution in [2.75, 3.05) is 31.6 Å². The Morgan fingerprint density at radius 2 is 1.71 bits per heavy atom. The molecule has 1 amide bonds. The normalized spacial score (nSPS) is 10.1. The average molecular weight is 326 g/mol. The van der Waals surface area contributed by atoms with Crippen LogP contribution in [-0.4, -0.2) is 38.4 Å². The van der Waals surface area contributed by atoms with Crippen LogP contribution < -0.4 is 15.0 Å². The van der Waals surface area contributed by atoms with E-state index in [1.54, 1.807) is 24.3 Å². The van der Waals surface area contributed by atoms with E-state index in [1.165, 1.54) is 6.92 Å². The minimum atomic E-state index is -0.174. The van der Waals surface area contributed by atoms with Gasteiger partial charge in [-0.3, -0.25) is 9.59 Å². The summed E-state index contributed by atoms with van der Waals surface area (Å²) < 4.78 is 5.41. The molecule has 24 heavy (non-hydrogen) atoms. The monoisotopic (exact) mass is 326 g/mol. The molecule has 0 atom stereocenters. The van der Waals surface area contributed by atoms with Crippen molar-refractivity contribution in [1.29, 1.82) is 0 Å². The molecule has 0 aromatic heterocycles. The SMILES string of the molecule is CC(=O)c1ccc(OCC(=O)NCCN(C)c2ccccc2)cc1. The molecule has 0 spiro atoms. The average Bonchev–Trinajstić information content (AvgIpc) is 2.61. The maximum absolute atomic E-state index is 11.8. The molecule has 5 heteroatoms. The summed E-state index contributed by atoms with van der Waals surface area (Å²) >= 11 is 0. The standard InChI is InChI=1S/C19H22N2O3/c1-15(22)16-8-10-18(11-9-16)24-14-19(23)20-12-13-21(2)17-6-4-3-5-7-17/h3-11H,12-14H2,1-2H3,(H,20,23). The van der Waals surface area contributed by atoms with Gasteiger partial charge in [-0.25, -0.2) is 0 Å². The van der Waals surface area contributed by atoms with Gasteiger partial charge in [-0.15, -0.1) is 0 Å². The highest BCUT2D eigenvalue weighted by molar-refractivity contribution is 5.94. The fraction of sp³-hybridized carbons (Fsp3) is 0.263. The van der Waals surface area contributed by atoms with Crippen LogP contribution in [-0.2, 0) is 4.79 Å². The number of benzene rings is 2. The Labute approximate surface area is 142 Å². The molecule has 0 bridgehead atoms. The Hall–Kier alpha value is -2.82. The Bertz CT molecular complexity index is 669. The summed E-state index contributed by atoms with van der Waals surface area (Å²) in [7, 11) is 1.98. The maximum atomic E-state index is 11.8. The van der Waals surface area contributed by atoms with E-state index >= 15 is 0 Å². The number of likely N-dealkylation sites (N-methyl/N-ethyl adjacent to an activating group) is 1. The molecule has 2 aromatic rings. The summed E-state index contributed by atoms with van der Waals surface area (Å²) in [5, 5.41) is 2.82. The van der Waals surface area contributed by atoms with Crippen LogP contribution in [0.1, 0.15) is 17.3 Å². The molecule has 0 radical (unpaired) electrons. The van der Waals surface area contributed by atoms with Gasteiger partial charge < -0.3 is 15.0 Å². The number of para-hydroxylation sites is 1. The number of nitrogens with zero attached hydrogens (tertiary/aromatic N) is 1. The molecule has 2 aromatic carbocycles. The Morgan fingerprint density at radius 3 is 2.33 bits per heavy atom. The van der Waals surface area contributed by atoms with Crippen molar-refractivity contribution in [3.63, 3.8) is 0 Å². The second-order valence-corrected chi connectivity index (χ2v) is 5.48. The highest BCUT2D eigenvalue weighted by atomic mass is 16.5. The number of carbonyl (C=O) groups is 2. The predicted octanol–water partition coefficient (Wildman–Crippen LogP) is 2.52. The third-order valence-electron chi connectivity index (χ3n) is 3.60. The van der Waals surface area contributed by atoms with Gasteiger partial charge in [0.05, 0.1) is 0 Å². The van der Waals surface area contributed by atoms with Crippen molar-refractivity contribution in [1.82, 2.24) is 5.32 Å². The molecule has 0 fully saturated rings. The van der Waals surface area contributed by atoms with Crippen LogP contribution in [0.4, 0.5) is 5.69 Å². The van der Waals surface area contributed by atoms with E-state index in [-0.39, 0.29) is 18.3 Å². The highest BCUT2D eigenvalue weighted by Gasteiger charge is 2.05. The fourth-order valence-corrected chi connectivity index (χ4v) is 2.16. The number of ether oxygens (including phenoxy) is 1. The van der Waals surface area contributed by atoms with Crippen molar-refractivity contribution >= 4 is 17.4 Å². The van der Waals surface area contributed by atoms with Crippen LogP contribution in [0.2, 0.25) is 0 Å². The fourth-order valence-electron chi connectivity index (χ4n) is 2.16. The number of ketones is 1. The number of hydrogen-bond donors (Lipinski definition) is 1. The number of nitrogens with one attached hydrogen (secondary N) is 1. The van der Waals surface area contributed by atoms with Crippen LogP contribution in [0.15, 0.2) is 54.6 Å². The predicted molar refractivity (Wildman–Crippen MR) is 94.7 cm³/mol. The van der Waals surface area contributed by atoms with Gasteiger partial charge in [0.2, 0.25) is 0 Å². The summed E-state index contributed by atoms with van der Waals surface area (Å²) in [6.07, 6.45) is 0. The summed E-state index contributed by atoms with van der Waals surface area (Å²) in [5.41, 5.74) is 1.73. The molecule has 0 saturated carbocycles. The molecule has 5 nitrogen and oxygen atoms in total. The number of Topliss-reactive ketones (excluding diaryl/α,β-unsaturated/α-hetero) is 1. The zero-order valence-corrected chi connectivity index (χ0v) is 14.0. The largest absolute Gasteiger partial charge is 0.484 e. The summed E-state index contributed by atoms with van der Waals surface area (Å²) in [6.45, 7) is 2.71. The van der Waals surface area contributed by atoms with Crippen molar-refractivity contribution in [2.24, 2.45) is 0 Å². The minimum absolute atomic E-state index is 0.00169. The second kappa shape index (κ2) is 8.72. The number of hydrogen-bond acceptors (Lipinski definition) is 4. The topological polar surface area (TPSA) is 58.6 Å². The van der Waals surface area contributed by atoms with Crippen molar-refractivity contribution in [3.8, 4) is 5.75 Å². The lowest BCUT2D eigenvalue weighted by Crippen LogP contribution is -2.35. The van der Waals surface area contributed by atoms with E-state index in [4.69, 9.17) is 4.74 Å². The number of amides is 1. The zero-order chi connectivity index (χ0) is 17.4. The molecule has 0 aliphatic carbocycles. The van der Waals surface area contributed by atoms with Crippen molar-refractivity contribution < 1.29 is 14.3 Å². The molecule has 0 unspecified atom stereocenters.